The first kappa shape index (κ1) is 27.1. The lowest BCUT2D eigenvalue weighted by atomic mass is 9.94. The second-order valence-electron chi connectivity index (χ2n) is 8.74. The number of benzene rings is 2. The highest BCUT2D eigenvalue weighted by atomic mass is 35.5. The van der Waals surface area contributed by atoms with E-state index in [1.807, 2.05) is 0 Å². The summed E-state index contributed by atoms with van der Waals surface area (Å²) in [6.07, 6.45) is 0. The number of rotatable bonds is 7. The summed E-state index contributed by atoms with van der Waals surface area (Å²) in [6.45, 7) is 7.96. The monoisotopic (exact) mass is 538 g/mol. The molecule has 1 saturated heterocycles. The second kappa shape index (κ2) is 11.6. The first-order valence-corrected chi connectivity index (χ1v) is 12.4. The van der Waals surface area contributed by atoms with Gasteiger partial charge in [0.15, 0.2) is 0 Å². The fourth-order valence-electron chi connectivity index (χ4n) is 4.50. The molecule has 0 amide bonds. The highest BCUT2D eigenvalue weighted by Crippen LogP contribution is 2.37. The Hall–Kier alpha value is -2.95. The van der Waals surface area contributed by atoms with Crippen LogP contribution in [-0.4, -0.2) is 67.5 Å². The van der Waals surface area contributed by atoms with Gasteiger partial charge in [-0.3, -0.25) is 9.89 Å². The number of carbonyl (C=O) groups excluding carboxylic acids is 1. The molecule has 2 aliphatic rings. The van der Waals surface area contributed by atoms with Gasteiger partial charge >= 0.3 is 5.97 Å². The van der Waals surface area contributed by atoms with Crippen LogP contribution in [0.4, 0.5) is 17.6 Å². The zero-order valence-electron chi connectivity index (χ0n) is 20.5. The first-order chi connectivity index (χ1) is 17.7. The van der Waals surface area contributed by atoms with E-state index in [4.69, 9.17) is 16.3 Å². The van der Waals surface area contributed by atoms with Gasteiger partial charge in [0, 0.05) is 61.1 Å². The first-order valence-electron chi connectivity index (χ1n) is 12.0. The summed E-state index contributed by atoms with van der Waals surface area (Å²) in [5.74, 6) is -4.93. The van der Waals surface area contributed by atoms with Crippen molar-refractivity contribution in [2.45, 2.75) is 19.9 Å². The van der Waals surface area contributed by atoms with Crippen LogP contribution >= 0.6 is 11.6 Å². The molecule has 2 heterocycles. The van der Waals surface area contributed by atoms with Crippen molar-refractivity contribution in [2.24, 2.45) is 4.99 Å². The van der Waals surface area contributed by atoms with Crippen LogP contribution in [0.25, 0.3) is 0 Å². The van der Waals surface area contributed by atoms with Crippen molar-refractivity contribution in [3.8, 4) is 0 Å². The topological polar surface area (TPSA) is 57.2 Å². The molecule has 2 aliphatic heterocycles. The zero-order valence-corrected chi connectivity index (χ0v) is 21.2. The molecule has 0 radical (unpaired) electrons. The number of aliphatic imine (C=N–C) groups is 1. The fourth-order valence-corrected chi connectivity index (χ4v) is 4.77. The van der Waals surface area contributed by atoms with E-state index in [0.29, 0.717) is 30.9 Å². The molecule has 0 aliphatic carbocycles. The van der Waals surface area contributed by atoms with Crippen molar-refractivity contribution >= 4 is 23.4 Å². The van der Waals surface area contributed by atoms with Gasteiger partial charge in [-0.1, -0.05) is 24.6 Å². The van der Waals surface area contributed by atoms with Gasteiger partial charge < -0.3 is 15.0 Å². The van der Waals surface area contributed by atoms with Crippen LogP contribution in [0.1, 0.15) is 31.0 Å². The quantitative estimate of drug-likeness (QED) is 0.417. The average molecular weight is 539 g/mol. The molecule has 0 aromatic heterocycles. The van der Waals surface area contributed by atoms with Crippen molar-refractivity contribution in [3.63, 3.8) is 0 Å². The Morgan fingerprint density at radius 3 is 2.27 bits per heavy atom. The van der Waals surface area contributed by atoms with Gasteiger partial charge in [0.25, 0.3) is 0 Å². The van der Waals surface area contributed by atoms with Crippen LogP contribution in [0.3, 0.4) is 0 Å². The minimum Gasteiger partial charge on any atom is -0.463 e. The lowest BCUT2D eigenvalue weighted by Gasteiger charge is -2.36. The van der Waals surface area contributed by atoms with Crippen molar-refractivity contribution < 1.29 is 27.1 Å². The van der Waals surface area contributed by atoms with Gasteiger partial charge in [0.2, 0.25) is 0 Å². The highest BCUT2D eigenvalue weighted by molar-refractivity contribution is 6.31. The predicted molar refractivity (Wildman–Crippen MR) is 132 cm³/mol. The van der Waals surface area contributed by atoms with E-state index in [2.05, 4.69) is 27.0 Å². The predicted octanol–water partition coefficient (Wildman–Crippen LogP) is 4.44. The molecule has 11 heteroatoms. The van der Waals surface area contributed by atoms with Crippen molar-refractivity contribution in [1.29, 1.82) is 0 Å². The number of carbonyl (C=O) groups is 1. The minimum atomic E-state index is -1.16. The van der Waals surface area contributed by atoms with Crippen LogP contribution in [0.5, 0.6) is 0 Å². The Morgan fingerprint density at radius 1 is 1.03 bits per heavy atom. The summed E-state index contributed by atoms with van der Waals surface area (Å²) in [5.41, 5.74) is 0.0871. The van der Waals surface area contributed by atoms with Gasteiger partial charge in [-0.25, -0.2) is 22.4 Å². The number of halogens is 5. The second-order valence-corrected chi connectivity index (χ2v) is 9.15. The number of piperazine rings is 1. The third-order valence-corrected chi connectivity index (χ3v) is 6.74. The van der Waals surface area contributed by atoms with Crippen molar-refractivity contribution in [2.75, 3.05) is 45.9 Å². The average Bonchev–Trinajstić information content (AvgIpc) is 2.84. The molecule has 2 aromatic carbocycles. The number of likely N-dealkylation sites (N-methyl/N-ethyl adjacent to an activating group) is 1. The molecule has 4 rings (SSSR count). The third-order valence-electron chi connectivity index (χ3n) is 6.42. The van der Waals surface area contributed by atoms with E-state index in [0.717, 1.165) is 31.8 Å². The highest BCUT2D eigenvalue weighted by Gasteiger charge is 2.35. The van der Waals surface area contributed by atoms with E-state index in [1.165, 1.54) is 6.07 Å². The fraction of sp³-hybridized carbons (Fsp3) is 0.385. The standard InChI is InChI=1S/C26H27ClF4N4O2/c1-3-34-7-9-35(10-8-34)14-21-23(26(36)37-4-2)24(17-6-5-15(28)11-18(17)27)33-25(32-21)22-19(30)12-16(29)13-20(22)31/h5-6,11-13,24H,3-4,7-10,14H2,1-2H3,(H,32,33). The Morgan fingerprint density at radius 2 is 1.68 bits per heavy atom. The van der Waals surface area contributed by atoms with Crippen molar-refractivity contribution in [3.05, 3.63) is 81.0 Å². The molecule has 1 unspecified atom stereocenters. The molecular formula is C26H27ClF4N4O2. The van der Waals surface area contributed by atoms with E-state index >= 15 is 0 Å². The maximum absolute atomic E-state index is 14.8. The summed E-state index contributed by atoms with van der Waals surface area (Å²) in [4.78, 5) is 22.0. The van der Waals surface area contributed by atoms with Gasteiger partial charge in [-0.2, -0.15) is 0 Å². The van der Waals surface area contributed by atoms with Crippen LogP contribution in [0.2, 0.25) is 5.02 Å². The van der Waals surface area contributed by atoms with Crippen LogP contribution in [0, 0.1) is 23.3 Å². The molecule has 1 N–H and O–H groups in total. The van der Waals surface area contributed by atoms with Gasteiger partial charge in [0.05, 0.1) is 17.7 Å². The number of nitrogens with one attached hydrogen (secondary N) is 1. The number of amidine groups is 1. The molecule has 2 aromatic rings. The summed E-state index contributed by atoms with van der Waals surface area (Å²) in [7, 11) is 0. The van der Waals surface area contributed by atoms with E-state index in [1.54, 1.807) is 6.92 Å². The number of hydrogen-bond donors (Lipinski definition) is 1. The summed E-state index contributed by atoms with van der Waals surface area (Å²) in [6, 6.07) is 3.54. The largest absolute Gasteiger partial charge is 0.463 e. The van der Waals surface area contributed by atoms with Crippen LogP contribution < -0.4 is 5.32 Å². The summed E-state index contributed by atoms with van der Waals surface area (Å²) >= 11 is 6.34. The molecule has 1 atom stereocenters. The molecule has 37 heavy (non-hydrogen) atoms. The van der Waals surface area contributed by atoms with Gasteiger partial charge in [0.1, 0.15) is 35.1 Å². The molecule has 0 saturated carbocycles. The SMILES string of the molecule is CCOC(=O)C1=C(CN2CCN(CC)CC2)NC(c2c(F)cc(F)cc2F)=NC1c1ccc(F)cc1Cl. The number of ether oxygens (including phenoxy) is 1. The minimum absolute atomic E-state index is 0.0206. The Bertz CT molecular complexity index is 1220. The Labute approximate surface area is 217 Å². The van der Waals surface area contributed by atoms with Crippen LogP contribution in [0.15, 0.2) is 46.6 Å². The lowest BCUT2D eigenvalue weighted by Crippen LogP contribution is -2.48. The molecule has 6 nitrogen and oxygen atoms in total. The number of hydrogen-bond acceptors (Lipinski definition) is 6. The normalized spacial score (nSPS) is 19.0. The zero-order chi connectivity index (χ0) is 26.7. The molecule has 0 bridgehead atoms. The molecule has 1 fully saturated rings. The molecular weight excluding hydrogens is 512 g/mol. The van der Waals surface area contributed by atoms with Gasteiger partial charge in [-0.05, 0) is 25.6 Å². The van der Waals surface area contributed by atoms with Crippen molar-refractivity contribution in [1.82, 2.24) is 15.1 Å². The molecule has 0 spiro atoms. The Balaban J connectivity index is 1.84. The molecule has 198 valence electrons. The van der Waals surface area contributed by atoms with E-state index in [9.17, 15) is 22.4 Å². The Kier molecular flexibility index (Phi) is 8.51. The van der Waals surface area contributed by atoms with Gasteiger partial charge in [-0.15, -0.1) is 0 Å². The number of esters is 1. The summed E-state index contributed by atoms with van der Waals surface area (Å²) < 4.78 is 62.4. The smallest absolute Gasteiger partial charge is 0.338 e. The maximum atomic E-state index is 14.8. The number of nitrogens with zero attached hydrogens (tertiary/aromatic N) is 3. The van der Waals surface area contributed by atoms with Crippen LogP contribution in [-0.2, 0) is 9.53 Å². The summed E-state index contributed by atoms with van der Waals surface area (Å²) in [5, 5.41) is 2.90. The third kappa shape index (κ3) is 5.97. The van der Waals surface area contributed by atoms with E-state index in [-0.39, 0.29) is 35.1 Å². The van der Waals surface area contributed by atoms with E-state index < -0.39 is 40.8 Å². The lowest BCUT2D eigenvalue weighted by molar-refractivity contribution is -0.139. The maximum Gasteiger partial charge on any atom is 0.338 e.